The van der Waals surface area contributed by atoms with Crippen molar-refractivity contribution in [2.45, 2.75) is 50.7 Å². The van der Waals surface area contributed by atoms with E-state index in [-0.39, 0.29) is 11.9 Å². The number of hydrogen-bond donors (Lipinski definition) is 1. The number of carboxylic acids is 1. The number of carbonyl (C=O) groups excluding carboxylic acids is 1. The van der Waals surface area contributed by atoms with Crippen LogP contribution in [0.1, 0.15) is 48.8 Å². The number of amides is 1. The van der Waals surface area contributed by atoms with Crippen molar-refractivity contribution in [1.82, 2.24) is 30.0 Å². The van der Waals surface area contributed by atoms with Gasteiger partial charge >= 0.3 is 5.97 Å². The third-order valence-corrected chi connectivity index (χ3v) is 9.00. The van der Waals surface area contributed by atoms with Crippen LogP contribution in [-0.2, 0) is 23.2 Å². The summed E-state index contributed by atoms with van der Waals surface area (Å²) in [7, 11) is 1.75. The van der Waals surface area contributed by atoms with Crippen LogP contribution < -0.4 is 0 Å². The van der Waals surface area contributed by atoms with Crippen molar-refractivity contribution in [3.8, 4) is 22.5 Å². The van der Waals surface area contributed by atoms with Gasteiger partial charge in [-0.05, 0) is 52.4 Å². The van der Waals surface area contributed by atoms with E-state index in [2.05, 4.69) is 57.6 Å². The smallest absolute Gasteiger partial charge is 0.326 e. The number of likely N-dealkylation sites (tertiary alicyclic amines) is 1. The molecule has 0 spiro atoms. The van der Waals surface area contributed by atoms with Crippen molar-refractivity contribution < 1.29 is 14.7 Å². The predicted molar refractivity (Wildman–Crippen MR) is 181 cm³/mol. The van der Waals surface area contributed by atoms with Crippen molar-refractivity contribution >= 4 is 11.9 Å². The predicted octanol–water partition coefficient (Wildman–Crippen LogP) is 6.03. The summed E-state index contributed by atoms with van der Waals surface area (Å²) in [5.41, 5.74) is 5.83. The summed E-state index contributed by atoms with van der Waals surface area (Å²) >= 11 is 0. The fourth-order valence-electron chi connectivity index (χ4n) is 6.59. The monoisotopic (exact) mass is 628 g/mol. The number of rotatable bonds is 12. The molecule has 2 atom stereocenters. The minimum Gasteiger partial charge on any atom is -0.480 e. The summed E-state index contributed by atoms with van der Waals surface area (Å²) < 4.78 is 0. The number of benzene rings is 4. The molecule has 1 amide bonds. The van der Waals surface area contributed by atoms with E-state index in [1.807, 2.05) is 78.9 Å². The molecule has 5 aromatic rings. The fourth-order valence-corrected chi connectivity index (χ4v) is 6.59. The number of aromatic nitrogens is 4. The molecule has 1 N–H and O–H groups in total. The third kappa shape index (κ3) is 7.15. The zero-order valence-corrected chi connectivity index (χ0v) is 26.8. The summed E-state index contributed by atoms with van der Waals surface area (Å²) in [4.78, 5) is 32.4. The Labute approximate surface area is 275 Å². The van der Waals surface area contributed by atoms with Gasteiger partial charge in [0, 0.05) is 24.7 Å². The van der Waals surface area contributed by atoms with Gasteiger partial charge in [-0.1, -0.05) is 123 Å². The van der Waals surface area contributed by atoms with Gasteiger partial charge in [0.15, 0.2) is 0 Å². The molecule has 1 saturated heterocycles. The van der Waals surface area contributed by atoms with E-state index in [1.165, 1.54) is 4.80 Å². The highest BCUT2D eigenvalue weighted by molar-refractivity contribution is 5.91. The Morgan fingerprint density at radius 2 is 1.49 bits per heavy atom. The van der Waals surface area contributed by atoms with Gasteiger partial charge in [0.1, 0.15) is 6.04 Å². The molecule has 4 aromatic carbocycles. The number of carboxylic acid groups (broad SMARTS) is 1. The quantitative estimate of drug-likeness (QED) is 0.180. The molecule has 6 rings (SSSR count). The second-order valence-corrected chi connectivity index (χ2v) is 12.2. The number of carbonyl (C=O) groups is 2. The van der Waals surface area contributed by atoms with Gasteiger partial charge in [0.25, 0.3) is 0 Å². The van der Waals surface area contributed by atoms with Crippen molar-refractivity contribution in [3.05, 3.63) is 126 Å². The summed E-state index contributed by atoms with van der Waals surface area (Å²) in [5.74, 6) is -1.13. The Balaban J connectivity index is 1.24. The Morgan fingerprint density at radius 3 is 2.06 bits per heavy atom. The molecule has 0 bridgehead atoms. The second kappa shape index (κ2) is 14.5. The summed E-state index contributed by atoms with van der Waals surface area (Å²) in [6, 6.07) is 34.8. The van der Waals surface area contributed by atoms with E-state index in [0.29, 0.717) is 25.3 Å². The van der Waals surface area contributed by atoms with Crippen LogP contribution in [0.3, 0.4) is 0 Å². The minimum absolute atomic E-state index is 0.0815. The van der Waals surface area contributed by atoms with Crippen LogP contribution in [0.15, 0.2) is 109 Å². The Morgan fingerprint density at radius 1 is 0.872 bits per heavy atom. The van der Waals surface area contributed by atoms with E-state index in [0.717, 1.165) is 52.8 Å². The molecule has 1 aliphatic rings. The first-order valence-corrected chi connectivity index (χ1v) is 16.2. The lowest BCUT2D eigenvalue weighted by molar-refractivity contribution is -0.148. The van der Waals surface area contributed by atoms with E-state index >= 15 is 0 Å². The van der Waals surface area contributed by atoms with Crippen LogP contribution in [0, 0.1) is 0 Å². The Hall–Kier alpha value is -5.15. The molecule has 9 heteroatoms. The summed E-state index contributed by atoms with van der Waals surface area (Å²) in [6.45, 7) is 4.00. The van der Waals surface area contributed by atoms with Crippen molar-refractivity contribution in [2.24, 2.45) is 7.05 Å². The fraction of sp³-hybridized carbons (Fsp3) is 0.289. The number of aliphatic carboxylic acids is 1. The molecule has 2 unspecified atom stereocenters. The van der Waals surface area contributed by atoms with Gasteiger partial charge < -0.3 is 10.0 Å². The van der Waals surface area contributed by atoms with Crippen LogP contribution in [0.2, 0.25) is 0 Å². The maximum absolute atomic E-state index is 14.3. The van der Waals surface area contributed by atoms with Crippen LogP contribution in [0.4, 0.5) is 0 Å². The molecule has 240 valence electrons. The van der Waals surface area contributed by atoms with Gasteiger partial charge in [-0.25, -0.2) is 4.79 Å². The topological polar surface area (TPSA) is 104 Å². The van der Waals surface area contributed by atoms with Gasteiger partial charge in [-0.2, -0.15) is 4.80 Å². The highest BCUT2D eigenvalue weighted by atomic mass is 16.4. The molecule has 0 saturated carbocycles. The second-order valence-electron chi connectivity index (χ2n) is 12.2. The van der Waals surface area contributed by atoms with E-state index in [4.69, 9.17) is 0 Å². The SMILES string of the molecule is CCCCN(Cc1ccc(-c2ccccc2-c2nnn(C)n2)cc1)C1CC(C(=O)O)N(C(=O)C(c2ccccc2)c2ccccc2)C1. The maximum atomic E-state index is 14.3. The summed E-state index contributed by atoms with van der Waals surface area (Å²) in [6.07, 6.45) is 2.39. The van der Waals surface area contributed by atoms with E-state index in [1.54, 1.807) is 11.9 Å². The molecule has 9 nitrogen and oxygen atoms in total. The van der Waals surface area contributed by atoms with Crippen molar-refractivity contribution in [1.29, 1.82) is 0 Å². The van der Waals surface area contributed by atoms with Gasteiger partial charge in [0.2, 0.25) is 11.7 Å². The highest BCUT2D eigenvalue weighted by Gasteiger charge is 2.44. The molecule has 0 radical (unpaired) electrons. The third-order valence-electron chi connectivity index (χ3n) is 9.00. The maximum Gasteiger partial charge on any atom is 0.326 e. The van der Waals surface area contributed by atoms with E-state index in [9.17, 15) is 14.7 Å². The van der Waals surface area contributed by atoms with Crippen LogP contribution in [0.5, 0.6) is 0 Å². The van der Waals surface area contributed by atoms with Crippen molar-refractivity contribution in [3.63, 3.8) is 0 Å². The minimum atomic E-state index is -0.961. The number of tetrazole rings is 1. The molecule has 1 aromatic heterocycles. The van der Waals surface area contributed by atoms with Gasteiger partial charge in [-0.3, -0.25) is 9.69 Å². The van der Waals surface area contributed by atoms with Crippen LogP contribution in [0.25, 0.3) is 22.5 Å². The largest absolute Gasteiger partial charge is 0.480 e. The molecular formula is C38H40N6O3. The Kier molecular flexibility index (Phi) is 9.83. The molecule has 1 aliphatic heterocycles. The molecular weight excluding hydrogens is 588 g/mol. The lowest BCUT2D eigenvalue weighted by atomic mass is 9.90. The Bertz CT molecular complexity index is 1750. The standard InChI is InChI=1S/C38H40N6O3/c1-3-4-23-43(25-27-19-21-28(22-20-27)32-17-11-12-18-33(32)36-39-41-42(2)40-36)31-24-34(38(46)47)44(26-31)37(45)35(29-13-7-5-8-14-29)30-15-9-6-10-16-30/h5-22,31,34-35H,3-4,23-26H2,1-2H3,(H,46,47). The van der Waals surface area contributed by atoms with Crippen LogP contribution in [-0.4, -0.2) is 72.2 Å². The van der Waals surface area contributed by atoms with Crippen LogP contribution >= 0.6 is 0 Å². The molecule has 47 heavy (non-hydrogen) atoms. The number of hydrogen-bond acceptors (Lipinski definition) is 6. The highest BCUT2D eigenvalue weighted by Crippen LogP contribution is 2.33. The lowest BCUT2D eigenvalue weighted by Crippen LogP contribution is -2.44. The zero-order chi connectivity index (χ0) is 32.8. The van der Waals surface area contributed by atoms with E-state index < -0.39 is 17.9 Å². The normalized spacial score (nSPS) is 16.2. The first-order chi connectivity index (χ1) is 22.9. The molecule has 1 fully saturated rings. The van der Waals surface area contributed by atoms with Gasteiger partial charge in [-0.15, -0.1) is 10.2 Å². The molecule has 2 heterocycles. The van der Waals surface area contributed by atoms with Gasteiger partial charge in [0.05, 0.1) is 13.0 Å². The molecule has 0 aliphatic carbocycles. The lowest BCUT2D eigenvalue weighted by Gasteiger charge is -2.30. The number of aryl methyl sites for hydroxylation is 1. The van der Waals surface area contributed by atoms with Crippen molar-refractivity contribution in [2.75, 3.05) is 13.1 Å². The number of nitrogens with zero attached hydrogens (tertiary/aromatic N) is 6. The summed E-state index contributed by atoms with van der Waals surface area (Å²) in [5, 5.41) is 22.9. The number of unbranched alkanes of at least 4 members (excludes halogenated alkanes) is 1. The zero-order valence-electron chi connectivity index (χ0n) is 26.8. The first-order valence-electron chi connectivity index (χ1n) is 16.2. The average Bonchev–Trinajstić information content (AvgIpc) is 3.75. The average molecular weight is 629 g/mol. The first kappa shape index (κ1) is 31.8.